The van der Waals surface area contributed by atoms with E-state index >= 15 is 0 Å². The molecule has 4 nitrogen and oxygen atoms in total. The molecule has 1 aromatic rings. The van der Waals surface area contributed by atoms with Crippen LogP contribution in [0.25, 0.3) is 0 Å². The fourth-order valence-electron chi connectivity index (χ4n) is 1.99. The van der Waals surface area contributed by atoms with Gasteiger partial charge in [-0.25, -0.2) is 8.42 Å². The molecule has 1 aromatic carbocycles. The van der Waals surface area contributed by atoms with Crippen molar-refractivity contribution in [3.63, 3.8) is 0 Å². The van der Waals surface area contributed by atoms with Crippen LogP contribution >= 0.6 is 26.6 Å². The van der Waals surface area contributed by atoms with E-state index in [2.05, 4.69) is 15.9 Å². The van der Waals surface area contributed by atoms with Gasteiger partial charge in [0, 0.05) is 33.8 Å². The van der Waals surface area contributed by atoms with Gasteiger partial charge in [-0.15, -0.1) is 0 Å². The molecule has 1 heterocycles. The number of nitrogens with zero attached hydrogens (tertiary/aromatic N) is 1. The highest BCUT2D eigenvalue weighted by molar-refractivity contribution is 9.10. The standard InChI is InChI=1S/C11H11BrClNO3S/c1-7-2-8(12)4-9(3-7)14-6-10(5-11(14)15)18(13,16)17/h2-4,10H,5-6H2,1H3. The predicted octanol–water partition coefficient (Wildman–Crippen LogP) is 2.43. The Morgan fingerprint density at radius 1 is 1.39 bits per heavy atom. The molecule has 1 fully saturated rings. The van der Waals surface area contributed by atoms with Crippen molar-refractivity contribution in [3.8, 4) is 0 Å². The first-order valence-corrected chi connectivity index (χ1v) is 8.45. The Morgan fingerprint density at radius 2 is 2.06 bits per heavy atom. The van der Waals surface area contributed by atoms with Gasteiger partial charge in [0.1, 0.15) is 5.25 Å². The lowest BCUT2D eigenvalue weighted by molar-refractivity contribution is -0.117. The third-order valence-electron chi connectivity index (χ3n) is 2.83. The lowest BCUT2D eigenvalue weighted by Gasteiger charge is -2.17. The molecule has 7 heteroatoms. The number of aryl methyl sites for hydroxylation is 1. The summed E-state index contributed by atoms with van der Waals surface area (Å²) < 4.78 is 23.4. The molecule has 1 saturated heterocycles. The van der Waals surface area contributed by atoms with Crippen LogP contribution in [-0.4, -0.2) is 26.1 Å². The average molecular weight is 353 g/mol. The van der Waals surface area contributed by atoms with Crippen molar-refractivity contribution in [1.82, 2.24) is 0 Å². The van der Waals surface area contributed by atoms with E-state index in [0.29, 0.717) is 5.69 Å². The first-order valence-electron chi connectivity index (χ1n) is 5.28. The van der Waals surface area contributed by atoms with Crippen LogP contribution in [0.15, 0.2) is 22.7 Å². The fraction of sp³-hybridized carbons (Fsp3) is 0.364. The Kier molecular flexibility index (Phi) is 3.71. The van der Waals surface area contributed by atoms with Crippen molar-refractivity contribution in [2.45, 2.75) is 18.6 Å². The zero-order chi connectivity index (χ0) is 13.5. The monoisotopic (exact) mass is 351 g/mol. The summed E-state index contributed by atoms with van der Waals surface area (Å²) in [7, 11) is 1.61. The molecule has 1 aliphatic heterocycles. The number of benzene rings is 1. The van der Waals surface area contributed by atoms with Crippen molar-refractivity contribution >= 4 is 47.3 Å². The van der Waals surface area contributed by atoms with Gasteiger partial charge >= 0.3 is 0 Å². The van der Waals surface area contributed by atoms with E-state index in [1.165, 1.54) is 4.90 Å². The van der Waals surface area contributed by atoms with Gasteiger partial charge in [0.15, 0.2) is 0 Å². The number of hydrogen-bond donors (Lipinski definition) is 0. The summed E-state index contributed by atoms with van der Waals surface area (Å²) in [6.45, 7) is 2.02. The van der Waals surface area contributed by atoms with Gasteiger partial charge in [-0.3, -0.25) is 4.79 Å². The third-order valence-corrected chi connectivity index (χ3v) is 5.15. The van der Waals surface area contributed by atoms with Crippen LogP contribution in [0, 0.1) is 6.92 Å². The Bertz CT molecular complexity index is 582. The molecule has 0 spiro atoms. The molecule has 0 N–H and O–H groups in total. The number of carbonyl (C=O) groups excluding carboxylic acids is 1. The zero-order valence-corrected chi connectivity index (χ0v) is 12.7. The van der Waals surface area contributed by atoms with E-state index in [9.17, 15) is 13.2 Å². The van der Waals surface area contributed by atoms with E-state index in [1.54, 1.807) is 6.07 Å². The van der Waals surface area contributed by atoms with Crippen molar-refractivity contribution in [2.24, 2.45) is 0 Å². The average Bonchev–Trinajstić information content (AvgIpc) is 2.58. The topological polar surface area (TPSA) is 54.5 Å². The Labute approximate surface area is 118 Å². The first kappa shape index (κ1) is 13.8. The van der Waals surface area contributed by atoms with Gasteiger partial charge in [-0.05, 0) is 30.7 Å². The largest absolute Gasteiger partial charge is 0.311 e. The quantitative estimate of drug-likeness (QED) is 0.768. The van der Waals surface area contributed by atoms with E-state index in [1.807, 2.05) is 19.1 Å². The Hall–Kier alpha value is -0.590. The predicted molar refractivity (Wildman–Crippen MR) is 74.4 cm³/mol. The van der Waals surface area contributed by atoms with Crippen molar-refractivity contribution in [1.29, 1.82) is 0 Å². The summed E-state index contributed by atoms with van der Waals surface area (Å²) >= 11 is 3.35. The highest BCUT2D eigenvalue weighted by Crippen LogP contribution is 2.29. The van der Waals surface area contributed by atoms with Gasteiger partial charge in [-0.2, -0.15) is 0 Å². The first-order chi connectivity index (χ1) is 8.27. The van der Waals surface area contributed by atoms with Gasteiger partial charge in [0.05, 0.1) is 0 Å². The minimum Gasteiger partial charge on any atom is -0.311 e. The second kappa shape index (κ2) is 4.83. The minimum absolute atomic E-state index is 0.0581. The molecule has 0 radical (unpaired) electrons. The minimum atomic E-state index is -3.70. The second-order valence-electron chi connectivity index (χ2n) is 4.29. The third kappa shape index (κ3) is 2.87. The van der Waals surface area contributed by atoms with Crippen LogP contribution in [-0.2, 0) is 13.8 Å². The highest BCUT2D eigenvalue weighted by Gasteiger charge is 2.38. The molecule has 1 atom stereocenters. The van der Waals surface area contributed by atoms with E-state index in [4.69, 9.17) is 10.7 Å². The lowest BCUT2D eigenvalue weighted by atomic mass is 10.2. The molecule has 0 aromatic heterocycles. The molecule has 0 aliphatic carbocycles. The van der Waals surface area contributed by atoms with Crippen LogP contribution in [0.4, 0.5) is 5.69 Å². The zero-order valence-electron chi connectivity index (χ0n) is 9.56. The smallest absolute Gasteiger partial charge is 0.237 e. The molecule has 1 amide bonds. The summed E-state index contributed by atoms with van der Waals surface area (Å²) in [5, 5.41) is -0.828. The van der Waals surface area contributed by atoms with Crippen LogP contribution in [0.1, 0.15) is 12.0 Å². The molecule has 18 heavy (non-hydrogen) atoms. The van der Waals surface area contributed by atoms with E-state index in [-0.39, 0.29) is 18.9 Å². The Morgan fingerprint density at radius 3 is 2.56 bits per heavy atom. The number of hydrogen-bond acceptors (Lipinski definition) is 3. The number of halogens is 2. The molecule has 1 aliphatic rings. The molecular weight excluding hydrogens is 342 g/mol. The van der Waals surface area contributed by atoms with E-state index in [0.717, 1.165) is 10.0 Å². The van der Waals surface area contributed by atoms with Gasteiger partial charge in [0.25, 0.3) is 0 Å². The molecule has 2 rings (SSSR count). The molecular formula is C11H11BrClNO3S. The van der Waals surface area contributed by atoms with Crippen molar-refractivity contribution in [2.75, 3.05) is 11.4 Å². The van der Waals surface area contributed by atoms with Crippen LogP contribution in [0.2, 0.25) is 0 Å². The van der Waals surface area contributed by atoms with Gasteiger partial charge in [0.2, 0.25) is 15.0 Å². The number of carbonyl (C=O) groups is 1. The summed E-state index contributed by atoms with van der Waals surface area (Å²) in [6, 6.07) is 5.54. The lowest BCUT2D eigenvalue weighted by Crippen LogP contribution is -2.26. The van der Waals surface area contributed by atoms with Gasteiger partial charge in [-0.1, -0.05) is 15.9 Å². The number of anilines is 1. The molecule has 0 bridgehead atoms. The number of rotatable bonds is 2. The van der Waals surface area contributed by atoms with Crippen LogP contribution < -0.4 is 4.90 Å². The number of amides is 1. The maximum absolute atomic E-state index is 11.8. The summed E-state index contributed by atoms with van der Waals surface area (Å²) in [4.78, 5) is 13.3. The van der Waals surface area contributed by atoms with Crippen molar-refractivity contribution < 1.29 is 13.2 Å². The van der Waals surface area contributed by atoms with Crippen molar-refractivity contribution in [3.05, 3.63) is 28.2 Å². The molecule has 0 saturated carbocycles. The summed E-state index contributed by atoms with van der Waals surface area (Å²) in [5.41, 5.74) is 1.68. The summed E-state index contributed by atoms with van der Waals surface area (Å²) in [5.74, 6) is -0.221. The molecule has 1 unspecified atom stereocenters. The Balaban J connectivity index is 2.32. The van der Waals surface area contributed by atoms with Crippen LogP contribution in [0.5, 0.6) is 0 Å². The van der Waals surface area contributed by atoms with Crippen LogP contribution in [0.3, 0.4) is 0 Å². The van der Waals surface area contributed by atoms with Gasteiger partial charge < -0.3 is 4.90 Å². The molecule has 98 valence electrons. The van der Waals surface area contributed by atoms with E-state index < -0.39 is 14.3 Å². The fourth-order valence-corrected chi connectivity index (χ4v) is 3.61. The maximum Gasteiger partial charge on any atom is 0.237 e. The normalized spacial score (nSPS) is 20.5. The SMILES string of the molecule is Cc1cc(Br)cc(N2CC(S(=O)(=O)Cl)CC2=O)c1. The maximum atomic E-state index is 11.8. The highest BCUT2D eigenvalue weighted by atomic mass is 79.9. The second-order valence-corrected chi connectivity index (χ2v) is 8.12. The summed E-state index contributed by atoms with van der Waals surface area (Å²) in [6.07, 6.45) is -0.0581.